The number of carbonyl (C=O) groups excluding carboxylic acids is 2. The Labute approximate surface area is 205 Å². The van der Waals surface area contributed by atoms with Crippen LogP contribution in [0.4, 0.5) is 4.79 Å². The molecule has 3 aliphatic rings. The first kappa shape index (κ1) is 23.4. The number of nitrogens with zero attached hydrogens (tertiary/aromatic N) is 1. The molecule has 1 saturated carbocycles. The van der Waals surface area contributed by atoms with Crippen LogP contribution in [0.25, 0.3) is 11.1 Å². The molecule has 2 atom stereocenters. The van der Waals surface area contributed by atoms with Gasteiger partial charge in [0.1, 0.15) is 6.61 Å². The van der Waals surface area contributed by atoms with E-state index in [-0.39, 0.29) is 36.7 Å². The molecule has 7 nitrogen and oxygen atoms in total. The first-order chi connectivity index (χ1) is 16.8. The molecule has 2 N–H and O–H groups in total. The fraction of sp³-hybridized carbons (Fsp3) is 0.464. The summed E-state index contributed by atoms with van der Waals surface area (Å²) in [5, 5.41) is 12.2. The van der Waals surface area contributed by atoms with Crippen molar-refractivity contribution in [1.29, 1.82) is 0 Å². The number of hydrogen-bond acceptors (Lipinski definition) is 4. The quantitative estimate of drug-likeness (QED) is 0.593. The number of carbonyl (C=O) groups is 3. The molecule has 1 saturated heterocycles. The molecule has 2 amide bonds. The Morgan fingerprint density at radius 3 is 2.17 bits per heavy atom. The van der Waals surface area contributed by atoms with E-state index >= 15 is 0 Å². The molecular formula is C28H32N2O5. The third-order valence-electron chi connectivity index (χ3n) is 8.09. The van der Waals surface area contributed by atoms with Gasteiger partial charge in [-0.15, -0.1) is 0 Å². The highest BCUT2D eigenvalue weighted by molar-refractivity contribution is 5.81. The van der Waals surface area contributed by atoms with E-state index in [1.54, 1.807) is 11.8 Å². The first-order valence-corrected chi connectivity index (χ1v) is 12.4. The van der Waals surface area contributed by atoms with Gasteiger partial charge < -0.3 is 20.1 Å². The van der Waals surface area contributed by atoms with Crippen LogP contribution in [0.1, 0.15) is 50.2 Å². The van der Waals surface area contributed by atoms with E-state index in [2.05, 4.69) is 29.6 Å². The predicted octanol–water partition coefficient (Wildman–Crippen LogP) is 4.26. The van der Waals surface area contributed by atoms with Crippen LogP contribution in [-0.2, 0) is 14.3 Å². The number of fused-ring (bicyclic) bond motifs is 3. The Balaban J connectivity index is 1.20. The Hall–Kier alpha value is -3.35. The number of carboxylic acids is 1. The third-order valence-corrected chi connectivity index (χ3v) is 8.09. The molecule has 1 aliphatic heterocycles. The molecule has 184 valence electrons. The number of aliphatic carboxylic acids is 1. The standard InChI is InChI=1S/C28H32N2O5/c1-17(26(32)33)18-14-30(15-18)25(31)13-28(2,19-11-12-19)29-27(34)35-16-24-22-9-5-3-7-20(22)21-8-4-6-10-23(21)24/h3-10,17-19,24H,11-16H2,1-2H3,(H,29,34)(H,32,33). The van der Waals surface area contributed by atoms with E-state index in [9.17, 15) is 19.5 Å². The van der Waals surface area contributed by atoms with Crippen molar-refractivity contribution in [2.75, 3.05) is 19.7 Å². The molecule has 2 unspecified atom stereocenters. The van der Waals surface area contributed by atoms with Crippen molar-refractivity contribution in [2.24, 2.45) is 17.8 Å². The SMILES string of the molecule is CC(C(=O)O)C1CN(C(=O)CC(C)(NC(=O)OCC2c3ccccc3-c3ccccc32)C2CC2)C1. The summed E-state index contributed by atoms with van der Waals surface area (Å²) in [4.78, 5) is 38.7. The number of likely N-dealkylation sites (tertiary alicyclic amines) is 1. The number of nitrogens with one attached hydrogen (secondary N) is 1. The summed E-state index contributed by atoms with van der Waals surface area (Å²) in [6.45, 7) is 4.74. The van der Waals surface area contributed by atoms with Gasteiger partial charge in [0, 0.05) is 24.9 Å². The van der Waals surface area contributed by atoms with E-state index in [1.165, 1.54) is 11.1 Å². The van der Waals surface area contributed by atoms with Crippen LogP contribution < -0.4 is 5.32 Å². The Kier molecular flexibility index (Phi) is 6.03. The summed E-state index contributed by atoms with van der Waals surface area (Å²) < 4.78 is 5.73. The molecule has 2 aromatic carbocycles. The molecule has 5 rings (SSSR count). The van der Waals surface area contributed by atoms with Crippen LogP contribution in [0.2, 0.25) is 0 Å². The lowest BCUT2D eigenvalue weighted by molar-refractivity contribution is -0.151. The number of alkyl carbamates (subject to hydrolysis) is 1. The summed E-state index contributed by atoms with van der Waals surface area (Å²) in [5.74, 6) is -1.14. The molecule has 0 aromatic heterocycles. The largest absolute Gasteiger partial charge is 0.481 e. The summed E-state index contributed by atoms with van der Waals surface area (Å²) in [6.07, 6.45) is 1.61. The lowest BCUT2D eigenvalue weighted by atomic mass is 9.85. The van der Waals surface area contributed by atoms with Crippen molar-refractivity contribution in [3.63, 3.8) is 0 Å². The fourth-order valence-corrected chi connectivity index (χ4v) is 5.54. The minimum atomic E-state index is -0.832. The van der Waals surface area contributed by atoms with Crippen LogP contribution in [0, 0.1) is 17.8 Å². The summed E-state index contributed by atoms with van der Waals surface area (Å²) in [5.41, 5.74) is 3.99. The molecule has 2 fully saturated rings. The van der Waals surface area contributed by atoms with Crippen LogP contribution in [-0.4, -0.2) is 53.2 Å². The topological polar surface area (TPSA) is 95.9 Å². The Bertz CT molecular complexity index is 1110. The highest BCUT2D eigenvalue weighted by atomic mass is 16.5. The van der Waals surface area contributed by atoms with Gasteiger partial charge >= 0.3 is 12.1 Å². The number of hydrogen-bond donors (Lipinski definition) is 2. The van der Waals surface area contributed by atoms with E-state index in [4.69, 9.17) is 4.74 Å². The van der Waals surface area contributed by atoms with Gasteiger partial charge in [-0.3, -0.25) is 9.59 Å². The van der Waals surface area contributed by atoms with E-state index < -0.39 is 23.5 Å². The number of carboxylic acid groups (broad SMARTS) is 1. The van der Waals surface area contributed by atoms with Gasteiger partial charge in [-0.1, -0.05) is 55.5 Å². The average Bonchev–Trinajstić information content (AvgIpc) is 3.61. The van der Waals surface area contributed by atoms with Gasteiger partial charge in [0.2, 0.25) is 5.91 Å². The van der Waals surface area contributed by atoms with Crippen LogP contribution in [0.15, 0.2) is 48.5 Å². The van der Waals surface area contributed by atoms with Crippen molar-refractivity contribution < 1.29 is 24.2 Å². The zero-order valence-corrected chi connectivity index (χ0v) is 20.2. The second-order valence-corrected chi connectivity index (χ2v) is 10.5. The summed E-state index contributed by atoms with van der Waals surface area (Å²) in [6, 6.07) is 16.4. The molecule has 2 aliphatic carbocycles. The second kappa shape index (κ2) is 9.02. The van der Waals surface area contributed by atoms with Crippen LogP contribution in [0.3, 0.4) is 0 Å². The van der Waals surface area contributed by atoms with Crippen LogP contribution >= 0.6 is 0 Å². The molecular weight excluding hydrogens is 444 g/mol. The Morgan fingerprint density at radius 1 is 1.06 bits per heavy atom. The van der Waals surface area contributed by atoms with Crippen molar-refractivity contribution in [3.8, 4) is 11.1 Å². The predicted molar refractivity (Wildman–Crippen MR) is 131 cm³/mol. The van der Waals surface area contributed by atoms with Crippen molar-refractivity contribution in [3.05, 3.63) is 59.7 Å². The minimum Gasteiger partial charge on any atom is -0.481 e. The molecule has 0 spiro atoms. The first-order valence-electron chi connectivity index (χ1n) is 12.4. The highest BCUT2D eigenvalue weighted by Gasteiger charge is 2.47. The average molecular weight is 477 g/mol. The van der Waals surface area contributed by atoms with Crippen molar-refractivity contribution >= 4 is 18.0 Å². The number of benzene rings is 2. The molecule has 2 aromatic rings. The highest BCUT2D eigenvalue weighted by Crippen LogP contribution is 2.45. The van der Waals surface area contributed by atoms with Crippen molar-refractivity contribution in [2.45, 2.75) is 44.6 Å². The van der Waals surface area contributed by atoms with Crippen molar-refractivity contribution in [1.82, 2.24) is 10.2 Å². The second-order valence-electron chi connectivity index (χ2n) is 10.5. The molecule has 0 bridgehead atoms. The van der Waals surface area contributed by atoms with E-state index in [0.717, 1.165) is 24.0 Å². The van der Waals surface area contributed by atoms with Gasteiger partial charge in [-0.2, -0.15) is 0 Å². The zero-order chi connectivity index (χ0) is 24.7. The van der Waals surface area contributed by atoms with Crippen LogP contribution in [0.5, 0.6) is 0 Å². The normalized spacial score (nSPS) is 19.7. The third kappa shape index (κ3) is 4.51. The fourth-order valence-electron chi connectivity index (χ4n) is 5.54. The lowest BCUT2D eigenvalue weighted by Crippen LogP contribution is -2.57. The summed E-state index contributed by atoms with van der Waals surface area (Å²) >= 11 is 0. The smallest absolute Gasteiger partial charge is 0.407 e. The number of rotatable bonds is 8. The number of amides is 2. The molecule has 35 heavy (non-hydrogen) atoms. The molecule has 1 heterocycles. The maximum Gasteiger partial charge on any atom is 0.407 e. The van der Waals surface area contributed by atoms with Gasteiger partial charge in [0.15, 0.2) is 0 Å². The maximum atomic E-state index is 12.9. The van der Waals surface area contributed by atoms with Gasteiger partial charge in [-0.05, 0) is 47.9 Å². The van der Waals surface area contributed by atoms with Gasteiger partial charge in [0.25, 0.3) is 0 Å². The monoisotopic (exact) mass is 476 g/mol. The van der Waals surface area contributed by atoms with Gasteiger partial charge in [-0.25, -0.2) is 4.79 Å². The van der Waals surface area contributed by atoms with E-state index in [1.807, 2.05) is 31.2 Å². The Morgan fingerprint density at radius 2 is 1.63 bits per heavy atom. The number of ether oxygens (including phenoxy) is 1. The summed E-state index contributed by atoms with van der Waals surface area (Å²) in [7, 11) is 0. The minimum absolute atomic E-state index is 0.0151. The lowest BCUT2D eigenvalue weighted by Gasteiger charge is -2.43. The molecule has 7 heteroatoms. The molecule has 0 radical (unpaired) electrons. The van der Waals surface area contributed by atoms with E-state index in [0.29, 0.717) is 13.1 Å². The zero-order valence-electron chi connectivity index (χ0n) is 20.2. The maximum absolute atomic E-state index is 12.9. The van der Waals surface area contributed by atoms with Gasteiger partial charge in [0.05, 0.1) is 17.9 Å².